The van der Waals surface area contributed by atoms with Gasteiger partial charge in [0.25, 0.3) is 0 Å². The average molecular weight is 272 g/mol. The van der Waals surface area contributed by atoms with Crippen molar-refractivity contribution in [3.63, 3.8) is 0 Å². The molecule has 0 unspecified atom stereocenters. The molecule has 2 aromatic carbocycles. The molecule has 19 heavy (non-hydrogen) atoms. The Balaban J connectivity index is 1.69. The minimum atomic E-state index is 0.694. The van der Waals surface area contributed by atoms with Gasteiger partial charge in [-0.1, -0.05) is 54.1 Å². The highest BCUT2D eigenvalue weighted by molar-refractivity contribution is 6.33. The quantitative estimate of drug-likeness (QED) is 0.764. The molecule has 1 fully saturated rings. The maximum absolute atomic E-state index is 6.27. The van der Waals surface area contributed by atoms with Crippen molar-refractivity contribution in [1.82, 2.24) is 0 Å². The lowest BCUT2D eigenvalue weighted by Crippen LogP contribution is -2.33. The molecule has 0 saturated carbocycles. The number of hydrogen-bond acceptors (Lipinski definition) is 1. The van der Waals surface area contributed by atoms with Gasteiger partial charge in [-0.15, -0.1) is 0 Å². The van der Waals surface area contributed by atoms with E-state index in [0.29, 0.717) is 5.92 Å². The number of piperidine rings is 1. The summed E-state index contributed by atoms with van der Waals surface area (Å²) >= 11 is 6.27. The second-order valence-corrected chi connectivity index (χ2v) is 5.53. The lowest BCUT2D eigenvalue weighted by Gasteiger charge is -2.34. The van der Waals surface area contributed by atoms with E-state index in [1.165, 1.54) is 24.1 Å². The summed E-state index contributed by atoms with van der Waals surface area (Å²) in [6, 6.07) is 19.0. The van der Waals surface area contributed by atoms with Crippen molar-refractivity contribution < 1.29 is 0 Å². The Morgan fingerprint density at radius 2 is 1.47 bits per heavy atom. The van der Waals surface area contributed by atoms with E-state index in [1.54, 1.807) is 0 Å². The maximum atomic E-state index is 6.27. The Bertz CT molecular complexity index is 530. The Morgan fingerprint density at radius 1 is 0.842 bits per heavy atom. The van der Waals surface area contributed by atoms with E-state index < -0.39 is 0 Å². The number of para-hydroxylation sites is 1. The van der Waals surface area contributed by atoms with E-state index in [2.05, 4.69) is 47.4 Å². The van der Waals surface area contributed by atoms with Crippen LogP contribution in [-0.4, -0.2) is 13.1 Å². The SMILES string of the molecule is Clc1ccccc1N1CCC(c2ccccc2)CC1. The molecule has 2 aromatic rings. The minimum Gasteiger partial charge on any atom is -0.370 e. The van der Waals surface area contributed by atoms with Crippen LogP contribution in [0.15, 0.2) is 54.6 Å². The van der Waals surface area contributed by atoms with Crippen LogP contribution in [0.2, 0.25) is 5.02 Å². The van der Waals surface area contributed by atoms with Crippen LogP contribution in [0, 0.1) is 0 Å². The highest BCUT2D eigenvalue weighted by Crippen LogP contribution is 2.33. The molecule has 0 bridgehead atoms. The van der Waals surface area contributed by atoms with Crippen molar-refractivity contribution in [3.05, 3.63) is 65.2 Å². The van der Waals surface area contributed by atoms with Gasteiger partial charge >= 0.3 is 0 Å². The van der Waals surface area contributed by atoms with E-state index >= 15 is 0 Å². The molecule has 0 spiro atoms. The number of halogens is 1. The fraction of sp³-hybridized carbons (Fsp3) is 0.294. The maximum Gasteiger partial charge on any atom is 0.0639 e. The van der Waals surface area contributed by atoms with Crippen molar-refractivity contribution in [3.8, 4) is 0 Å². The molecular formula is C17H18ClN. The lowest BCUT2D eigenvalue weighted by atomic mass is 9.89. The van der Waals surface area contributed by atoms with E-state index in [1.807, 2.05) is 12.1 Å². The van der Waals surface area contributed by atoms with Gasteiger partial charge in [0.05, 0.1) is 10.7 Å². The first-order valence-electron chi connectivity index (χ1n) is 6.89. The fourth-order valence-corrected chi connectivity index (χ4v) is 3.14. The van der Waals surface area contributed by atoms with E-state index in [-0.39, 0.29) is 0 Å². The van der Waals surface area contributed by atoms with E-state index in [0.717, 1.165) is 18.1 Å². The molecule has 0 aromatic heterocycles. The Labute approximate surface area is 119 Å². The van der Waals surface area contributed by atoms with Gasteiger partial charge in [0.2, 0.25) is 0 Å². The standard InChI is InChI=1S/C17H18ClN/c18-16-8-4-5-9-17(16)19-12-10-15(11-13-19)14-6-2-1-3-7-14/h1-9,15H,10-13H2. The zero-order valence-corrected chi connectivity index (χ0v) is 11.7. The van der Waals surface area contributed by atoms with Crippen molar-refractivity contribution in [1.29, 1.82) is 0 Å². The van der Waals surface area contributed by atoms with Gasteiger partial charge in [0.1, 0.15) is 0 Å². The van der Waals surface area contributed by atoms with Gasteiger partial charge in [0.15, 0.2) is 0 Å². The monoisotopic (exact) mass is 271 g/mol. The highest BCUT2D eigenvalue weighted by Gasteiger charge is 2.21. The first-order valence-corrected chi connectivity index (χ1v) is 7.27. The van der Waals surface area contributed by atoms with Gasteiger partial charge < -0.3 is 4.90 Å². The van der Waals surface area contributed by atoms with Crippen LogP contribution >= 0.6 is 11.6 Å². The Kier molecular flexibility index (Phi) is 3.74. The minimum absolute atomic E-state index is 0.694. The molecule has 0 radical (unpaired) electrons. The van der Waals surface area contributed by atoms with Crippen molar-refractivity contribution >= 4 is 17.3 Å². The summed E-state index contributed by atoms with van der Waals surface area (Å²) in [5.41, 5.74) is 2.65. The molecule has 1 aliphatic heterocycles. The third-order valence-corrected chi connectivity index (χ3v) is 4.28. The van der Waals surface area contributed by atoms with E-state index in [4.69, 9.17) is 11.6 Å². The molecule has 0 atom stereocenters. The molecule has 1 nitrogen and oxygen atoms in total. The lowest BCUT2D eigenvalue weighted by molar-refractivity contribution is 0.505. The van der Waals surface area contributed by atoms with Crippen LogP contribution in [0.4, 0.5) is 5.69 Å². The molecular weight excluding hydrogens is 254 g/mol. The first kappa shape index (κ1) is 12.6. The molecule has 0 aliphatic carbocycles. The van der Waals surface area contributed by atoms with Crippen molar-refractivity contribution in [2.75, 3.05) is 18.0 Å². The van der Waals surface area contributed by atoms with Crippen LogP contribution in [0.25, 0.3) is 0 Å². The van der Waals surface area contributed by atoms with Crippen molar-refractivity contribution in [2.24, 2.45) is 0 Å². The molecule has 0 N–H and O–H groups in total. The van der Waals surface area contributed by atoms with Crippen LogP contribution in [0.3, 0.4) is 0 Å². The summed E-state index contributed by atoms with van der Waals surface area (Å²) in [6.07, 6.45) is 2.41. The molecule has 1 aliphatic rings. The average Bonchev–Trinajstić information content (AvgIpc) is 2.49. The number of benzene rings is 2. The Morgan fingerprint density at radius 3 is 2.16 bits per heavy atom. The van der Waals surface area contributed by atoms with Crippen LogP contribution in [-0.2, 0) is 0 Å². The summed E-state index contributed by atoms with van der Waals surface area (Å²) in [5, 5.41) is 0.862. The van der Waals surface area contributed by atoms with Crippen molar-refractivity contribution in [2.45, 2.75) is 18.8 Å². The summed E-state index contributed by atoms with van der Waals surface area (Å²) in [6.45, 7) is 2.17. The molecule has 2 heteroatoms. The second kappa shape index (κ2) is 5.66. The van der Waals surface area contributed by atoms with Crippen LogP contribution in [0.5, 0.6) is 0 Å². The second-order valence-electron chi connectivity index (χ2n) is 5.12. The predicted molar refractivity (Wildman–Crippen MR) is 82.1 cm³/mol. The largest absolute Gasteiger partial charge is 0.370 e. The summed E-state index contributed by atoms with van der Waals surface area (Å²) in [4.78, 5) is 2.40. The van der Waals surface area contributed by atoms with Gasteiger partial charge in [-0.05, 0) is 36.5 Å². The summed E-state index contributed by atoms with van der Waals surface area (Å²) < 4.78 is 0. The predicted octanol–water partition coefficient (Wildman–Crippen LogP) is 4.72. The van der Waals surface area contributed by atoms with Gasteiger partial charge in [-0.25, -0.2) is 0 Å². The molecule has 3 rings (SSSR count). The summed E-state index contributed by atoms with van der Waals surface area (Å²) in [7, 11) is 0. The molecule has 98 valence electrons. The fourth-order valence-electron chi connectivity index (χ4n) is 2.89. The van der Waals surface area contributed by atoms with Gasteiger partial charge in [-0.3, -0.25) is 0 Å². The Hall–Kier alpha value is -1.47. The van der Waals surface area contributed by atoms with E-state index in [9.17, 15) is 0 Å². The molecule has 1 saturated heterocycles. The first-order chi connectivity index (χ1) is 9.34. The van der Waals surface area contributed by atoms with Gasteiger partial charge in [-0.2, -0.15) is 0 Å². The topological polar surface area (TPSA) is 3.24 Å². The number of anilines is 1. The number of rotatable bonds is 2. The highest BCUT2D eigenvalue weighted by atomic mass is 35.5. The van der Waals surface area contributed by atoms with Crippen LogP contribution in [0.1, 0.15) is 24.3 Å². The number of hydrogen-bond donors (Lipinski definition) is 0. The molecule has 0 amide bonds. The smallest absolute Gasteiger partial charge is 0.0639 e. The molecule has 1 heterocycles. The van der Waals surface area contributed by atoms with Gasteiger partial charge in [0, 0.05) is 13.1 Å². The summed E-state index contributed by atoms with van der Waals surface area (Å²) in [5.74, 6) is 0.694. The zero-order chi connectivity index (χ0) is 13.1. The third-order valence-electron chi connectivity index (χ3n) is 3.96. The third kappa shape index (κ3) is 2.76. The zero-order valence-electron chi connectivity index (χ0n) is 10.9. The number of nitrogens with zero attached hydrogens (tertiary/aromatic N) is 1. The van der Waals surface area contributed by atoms with Crippen LogP contribution < -0.4 is 4.90 Å². The normalized spacial score (nSPS) is 16.6.